The fourth-order valence-electron chi connectivity index (χ4n) is 3.69. The quantitative estimate of drug-likeness (QED) is 0.353. The van der Waals surface area contributed by atoms with Gasteiger partial charge in [-0.15, -0.1) is 10.2 Å². The molecule has 1 aromatic carbocycles. The van der Waals surface area contributed by atoms with Gasteiger partial charge in [-0.25, -0.2) is 9.78 Å². The number of aromatic nitrogens is 4. The molecule has 0 spiro atoms. The van der Waals surface area contributed by atoms with Crippen LogP contribution in [0.5, 0.6) is 5.75 Å². The second-order valence-electron chi connectivity index (χ2n) is 8.97. The molecule has 0 saturated heterocycles. The van der Waals surface area contributed by atoms with Crippen molar-refractivity contribution >= 4 is 34.5 Å². The molecule has 3 N–H and O–H groups in total. The fourth-order valence-corrected chi connectivity index (χ4v) is 3.69. The number of anilines is 1. The zero-order chi connectivity index (χ0) is 25.5. The van der Waals surface area contributed by atoms with E-state index in [-0.39, 0.29) is 17.9 Å². The molecule has 11 nitrogen and oxygen atoms in total. The smallest absolute Gasteiger partial charge is 0.408 e. The first-order valence-electron chi connectivity index (χ1n) is 11.9. The summed E-state index contributed by atoms with van der Waals surface area (Å²) >= 11 is 0. The summed E-state index contributed by atoms with van der Waals surface area (Å²) in [6.07, 6.45) is 0.713. The second-order valence-corrected chi connectivity index (χ2v) is 8.97. The van der Waals surface area contributed by atoms with Crippen molar-refractivity contribution in [2.45, 2.75) is 59.6 Å². The molecule has 0 aliphatic heterocycles. The van der Waals surface area contributed by atoms with E-state index in [2.05, 4.69) is 26.1 Å². The molecule has 1 atom stereocenters. The van der Waals surface area contributed by atoms with Crippen LogP contribution in [0.3, 0.4) is 0 Å². The SMILES string of the molecule is COc1ccc2c(c1)nc(NCCCCNC(=O)[C@@H](NC(=O)OC(C)C)C(C)C)c1nnc(C)n12. The number of unbranched alkanes of at least 4 members (excludes halogenated alkanes) is 1. The van der Waals surface area contributed by atoms with Crippen molar-refractivity contribution in [1.82, 2.24) is 30.2 Å². The summed E-state index contributed by atoms with van der Waals surface area (Å²) in [5.74, 6) is 1.85. The monoisotopic (exact) mass is 485 g/mol. The highest BCUT2D eigenvalue weighted by molar-refractivity contribution is 5.86. The Morgan fingerprint density at radius 3 is 2.51 bits per heavy atom. The Labute approximate surface area is 205 Å². The molecule has 0 bridgehead atoms. The van der Waals surface area contributed by atoms with E-state index in [1.54, 1.807) is 21.0 Å². The molecule has 0 aliphatic rings. The molecule has 3 rings (SSSR count). The highest BCUT2D eigenvalue weighted by atomic mass is 16.6. The maximum Gasteiger partial charge on any atom is 0.408 e. The average molecular weight is 486 g/mol. The Kier molecular flexibility index (Phi) is 8.67. The van der Waals surface area contributed by atoms with E-state index in [0.717, 1.165) is 35.4 Å². The number of carbonyl (C=O) groups is 2. The van der Waals surface area contributed by atoms with Gasteiger partial charge in [-0.05, 0) is 51.7 Å². The van der Waals surface area contributed by atoms with Crippen LogP contribution in [-0.2, 0) is 9.53 Å². The molecule has 0 radical (unpaired) electrons. The maximum atomic E-state index is 12.6. The van der Waals surface area contributed by atoms with Gasteiger partial charge in [0.25, 0.3) is 0 Å². The first-order chi connectivity index (χ1) is 16.7. The van der Waals surface area contributed by atoms with Gasteiger partial charge in [-0.3, -0.25) is 9.20 Å². The molecule has 11 heteroatoms. The minimum atomic E-state index is -0.650. The van der Waals surface area contributed by atoms with Crippen LogP contribution in [0, 0.1) is 12.8 Å². The number of benzene rings is 1. The summed E-state index contributed by atoms with van der Waals surface area (Å²) in [7, 11) is 1.62. The van der Waals surface area contributed by atoms with E-state index in [1.165, 1.54) is 0 Å². The number of aryl methyl sites for hydroxylation is 1. The number of alkyl carbamates (subject to hydrolysis) is 1. The molecule has 2 aromatic heterocycles. The first-order valence-corrected chi connectivity index (χ1v) is 11.9. The molecular formula is C24H35N7O4. The van der Waals surface area contributed by atoms with E-state index in [4.69, 9.17) is 14.5 Å². The number of nitrogens with zero attached hydrogens (tertiary/aromatic N) is 4. The van der Waals surface area contributed by atoms with E-state index < -0.39 is 12.1 Å². The van der Waals surface area contributed by atoms with Crippen LogP contribution >= 0.6 is 0 Å². The van der Waals surface area contributed by atoms with Gasteiger partial charge in [0.05, 0.1) is 24.2 Å². The average Bonchev–Trinajstić information content (AvgIpc) is 3.20. The lowest BCUT2D eigenvalue weighted by Crippen LogP contribution is -2.50. The highest BCUT2D eigenvalue weighted by Gasteiger charge is 2.24. The van der Waals surface area contributed by atoms with Crippen molar-refractivity contribution < 1.29 is 19.1 Å². The lowest BCUT2D eigenvalue weighted by molar-refractivity contribution is -0.124. The summed E-state index contributed by atoms with van der Waals surface area (Å²) in [4.78, 5) is 29.2. The van der Waals surface area contributed by atoms with Gasteiger partial charge >= 0.3 is 6.09 Å². The van der Waals surface area contributed by atoms with E-state index in [9.17, 15) is 9.59 Å². The van der Waals surface area contributed by atoms with Gasteiger partial charge in [-0.2, -0.15) is 0 Å². The van der Waals surface area contributed by atoms with Gasteiger partial charge in [0.15, 0.2) is 5.82 Å². The van der Waals surface area contributed by atoms with Crippen molar-refractivity contribution in [2.75, 3.05) is 25.5 Å². The molecule has 2 heterocycles. The minimum Gasteiger partial charge on any atom is -0.497 e. The van der Waals surface area contributed by atoms with Crippen LogP contribution in [0.2, 0.25) is 0 Å². The second kappa shape index (κ2) is 11.7. The third-order valence-electron chi connectivity index (χ3n) is 5.45. The van der Waals surface area contributed by atoms with E-state index in [0.29, 0.717) is 24.6 Å². The number of hydrogen-bond acceptors (Lipinski definition) is 8. The van der Waals surface area contributed by atoms with Crippen LogP contribution in [0.1, 0.15) is 46.4 Å². The summed E-state index contributed by atoms with van der Waals surface area (Å²) in [6, 6.07) is 5.06. The van der Waals surface area contributed by atoms with Crippen LogP contribution in [-0.4, -0.2) is 63.9 Å². The summed E-state index contributed by atoms with van der Waals surface area (Å²) in [5.41, 5.74) is 2.34. The number of amides is 2. The number of nitrogens with one attached hydrogen (secondary N) is 3. The zero-order valence-electron chi connectivity index (χ0n) is 21.2. The standard InChI is InChI=1S/C24H35N7O4/c1-14(2)20(28-24(33)35-15(3)4)23(32)26-12-8-7-11-25-21-22-30-29-16(5)31(22)19-10-9-17(34-6)13-18(19)27-21/h9-10,13-15,20H,7-8,11-12H2,1-6H3,(H,25,27)(H,26,32)(H,28,33)/t20-/m0/s1. The number of rotatable bonds is 11. The molecule has 190 valence electrons. The zero-order valence-corrected chi connectivity index (χ0v) is 21.2. The summed E-state index contributed by atoms with van der Waals surface area (Å²) < 4.78 is 12.4. The normalized spacial score (nSPS) is 12.2. The molecule has 2 amide bonds. The van der Waals surface area contributed by atoms with Crippen LogP contribution in [0.15, 0.2) is 18.2 Å². The van der Waals surface area contributed by atoms with E-state index >= 15 is 0 Å². The van der Waals surface area contributed by atoms with Crippen LogP contribution in [0.25, 0.3) is 16.7 Å². The molecule has 0 fully saturated rings. The topological polar surface area (TPSA) is 132 Å². The van der Waals surface area contributed by atoms with Gasteiger partial charge in [0.1, 0.15) is 17.6 Å². The summed E-state index contributed by atoms with van der Waals surface area (Å²) in [6.45, 7) is 10.3. The third kappa shape index (κ3) is 6.49. The van der Waals surface area contributed by atoms with Crippen molar-refractivity contribution in [2.24, 2.45) is 5.92 Å². The predicted octanol–water partition coefficient (Wildman–Crippen LogP) is 3.06. The minimum absolute atomic E-state index is 0.0667. The summed E-state index contributed by atoms with van der Waals surface area (Å²) in [5, 5.41) is 17.4. The van der Waals surface area contributed by atoms with Crippen LogP contribution < -0.4 is 20.7 Å². The Bertz CT molecular complexity index is 1180. The largest absolute Gasteiger partial charge is 0.497 e. The Balaban J connectivity index is 1.54. The van der Waals surface area contributed by atoms with Crippen molar-refractivity contribution in [3.05, 3.63) is 24.0 Å². The number of methoxy groups -OCH3 is 1. The van der Waals surface area contributed by atoms with Gasteiger partial charge in [0.2, 0.25) is 11.6 Å². The van der Waals surface area contributed by atoms with E-state index in [1.807, 2.05) is 43.4 Å². The first kappa shape index (κ1) is 26.0. The third-order valence-corrected chi connectivity index (χ3v) is 5.45. The van der Waals surface area contributed by atoms with Crippen molar-refractivity contribution in [1.29, 1.82) is 0 Å². The molecule has 0 saturated carbocycles. The molecule has 0 unspecified atom stereocenters. The number of fused-ring (bicyclic) bond motifs is 3. The molecule has 35 heavy (non-hydrogen) atoms. The number of carbonyl (C=O) groups excluding carboxylic acids is 2. The van der Waals surface area contributed by atoms with Crippen molar-refractivity contribution in [3.8, 4) is 5.75 Å². The highest BCUT2D eigenvalue weighted by Crippen LogP contribution is 2.25. The number of ether oxygens (including phenoxy) is 2. The predicted molar refractivity (Wildman–Crippen MR) is 134 cm³/mol. The van der Waals surface area contributed by atoms with Crippen LogP contribution in [0.4, 0.5) is 10.6 Å². The van der Waals surface area contributed by atoms with Gasteiger partial charge in [0, 0.05) is 19.2 Å². The maximum absolute atomic E-state index is 12.6. The fraction of sp³-hybridized carbons (Fsp3) is 0.542. The number of hydrogen-bond donors (Lipinski definition) is 3. The Morgan fingerprint density at radius 1 is 1.09 bits per heavy atom. The lowest BCUT2D eigenvalue weighted by atomic mass is 10.0. The molecular weight excluding hydrogens is 450 g/mol. The lowest BCUT2D eigenvalue weighted by Gasteiger charge is -2.22. The van der Waals surface area contributed by atoms with Gasteiger partial charge < -0.3 is 25.4 Å². The van der Waals surface area contributed by atoms with Crippen molar-refractivity contribution in [3.63, 3.8) is 0 Å². The molecule has 3 aromatic rings. The Morgan fingerprint density at radius 2 is 1.83 bits per heavy atom. The molecule has 0 aliphatic carbocycles. The van der Waals surface area contributed by atoms with Gasteiger partial charge in [-0.1, -0.05) is 13.8 Å². The Hall–Kier alpha value is -3.63.